The summed E-state index contributed by atoms with van der Waals surface area (Å²) in [5.74, 6) is 0.389. The fraction of sp³-hybridized carbons (Fsp3) is 0.400. The molecule has 1 aromatic heterocycles. The van der Waals surface area contributed by atoms with Gasteiger partial charge in [-0.2, -0.15) is 0 Å². The Morgan fingerprint density at radius 2 is 1.88 bits per heavy atom. The lowest BCUT2D eigenvalue weighted by Gasteiger charge is -2.34. The molecule has 0 fully saturated rings. The molecule has 0 bridgehead atoms. The zero-order valence-electron chi connectivity index (χ0n) is 14.1. The van der Waals surface area contributed by atoms with Crippen LogP contribution in [0.15, 0.2) is 16.5 Å². The highest BCUT2D eigenvalue weighted by Crippen LogP contribution is 2.45. The van der Waals surface area contributed by atoms with Crippen molar-refractivity contribution in [2.75, 3.05) is 0 Å². The molecule has 3 nitrogen and oxygen atoms in total. The van der Waals surface area contributed by atoms with E-state index in [2.05, 4.69) is 19.9 Å². The van der Waals surface area contributed by atoms with Gasteiger partial charge in [0.2, 0.25) is 11.6 Å². The third-order valence-electron chi connectivity index (χ3n) is 5.54. The standard InChI is InChI=1S/C20H19ClO3/c1-10-14(9-21)24-19-12-6-7-13-11(5-4-8-20(13,2)3)16(12)18(23)17(22)15(10)19/h6-7H,4-5,8-9H2,1-3H3. The summed E-state index contributed by atoms with van der Waals surface area (Å²) < 4.78 is 5.87. The van der Waals surface area contributed by atoms with Crippen molar-refractivity contribution in [1.82, 2.24) is 0 Å². The van der Waals surface area contributed by atoms with E-state index in [-0.39, 0.29) is 11.3 Å². The average Bonchev–Trinajstić information content (AvgIpc) is 2.88. The van der Waals surface area contributed by atoms with E-state index in [1.165, 1.54) is 5.56 Å². The highest BCUT2D eigenvalue weighted by Gasteiger charge is 2.40. The number of ketones is 2. The number of benzene rings is 1. The highest BCUT2D eigenvalue weighted by atomic mass is 35.5. The smallest absolute Gasteiger partial charge is 0.237 e. The van der Waals surface area contributed by atoms with E-state index in [0.29, 0.717) is 28.2 Å². The van der Waals surface area contributed by atoms with Crippen LogP contribution in [0.25, 0.3) is 11.3 Å². The Balaban J connectivity index is 2.06. The Kier molecular flexibility index (Phi) is 3.30. The van der Waals surface area contributed by atoms with E-state index < -0.39 is 11.6 Å². The molecule has 0 radical (unpaired) electrons. The van der Waals surface area contributed by atoms with Crippen molar-refractivity contribution < 1.29 is 14.0 Å². The summed E-state index contributed by atoms with van der Waals surface area (Å²) in [7, 11) is 0. The maximum atomic E-state index is 12.9. The molecule has 1 aromatic carbocycles. The number of halogens is 1. The van der Waals surface area contributed by atoms with Gasteiger partial charge in [-0.1, -0.05) is 26.0 Å². The zero-order valence-corrected chi connectivity index (χ0v) is 14.8. The predicted molar refractivity (Wildman–Crippen MR) is 93.1 cm³/mol. The average molecular weight is 343 g/mol. The second-order valence-corrected chi connectivity index (χ2v) is 7.67. The number of rotatable bonds is 1. The molecule has 0 atom stereocenters. The van der Waals surface area contributed by atoms with Gasteiger partial charge in [0, 0.05) is 16.7 Å². The quantitative estimate of drug-likeness (QED) is 0.542. The molecule has 0 unspecified atom stereocenters. The van der Waals surface area contributed by atoms with Crippen molar-refractivity contribution in [2.45, 2.75) is 51.3 Å². The van der Waals surface area contributed by atoms with Crippen molar-refractivity contribution in [3.05, 3.63) is 45.7 Å². The first kappa shape index (κ1) is 15.6. The molecular formula is C20H19ClO3. The summed E-state index contributed by atoms with van der Waals surface area (Å²) in [6, 6.07) is 4.03. The Morgan fingerprint density at radius 1 is 1.17 bits per heavy atom. The van der Waals surface area contributed by atoms with Crippen LogP contribution in [-0.2, 0) is 17.7 Å². The van der Waals surface area contributed by atoms with E-state index in [1.807, 2.05) is 6.07 Å². The molecule has 0 N–H and O–H groups in total. The number of fused-ring (bicyclic) bond motifs is 5. The lowest BCUT2D eigenvalue weighted by Crippen LogP contribution is -2.29. The van der Waals surface area contributed by atoms with E-state index in [1.54, 1.807) is 6.92 Å². The minimum Gasteiger partial charge on any atom is -0.459 e. The Morgan fingerprint density at radius 3 is 2.58 bits per heavy atom. The SMILES string of the molecule is Cc1c(CCl)oc2c1C(=O)C(=O)c1c-2ccc2c1CCCC2(C)C. The number of alkyl halides is 1. The van der Waals surface area contributed by atoms with E-state index in [0.717, 1.165) is 30.4 Å². The van der Waals surface area contributed by atoms with Crippen LogP contribution in [-0.4, -0.2) is 11.6 Å². The molecule has 2 aromatic rings. The second kappa shape index (κ2) is 5.06. The van der Waals surface area contributed by atoms with Crippen LogP contribution in [0.4, 0.5) is 0 Å². The molecule has 0 spiro atoms. The van der Waals surface area contributed by atoms with Crippen LogP contribution in [0.1, 0.15) is 69.9 Å². The second-order valence-electron chi connectivity index (χ2n) is 7.40. The van der Waals surface area contributed by atoms with E-state index in [4.69, 9.17) is 16.0 Å². The molecule has 2 aliphatic carbocycles. The van der Waals surface area contributed by atoms with E-state index in [9.17, 15) is 9.59 Å². The maximum absolute atomic E-state index is 12.9. The lowest BCUT2D eigenvalue weighted by atomic mass is 9.69. The van der Waals surface area contributed by atoms with Gasteiger partial charge in [0.25, 0.3) is 0 Å². The summed E-state index contributed by atoms with van der Waals surface area (Å²) >= 11 is 5.93. The van der Waals surface area contributed by atoms with Crippen LogP contribution in [0.2, 0.25) is 0 Å². The molecule has 0 saturated heterocycles. The van der Waals surface area contributed by atoms with Crippen molar-refractivity contribution >= 4 is 23.2 Å². The number of carbonyl (C=O) groups is 2. The van der Waals surface area contributed by atoms with Crippen LogP contribution in [0.5, 0.6) is 0 Å². The van der Waals surface area contributed by atoms with Gasteiger partial charge in [0.1, 0.15) is 11.5 Å². The van der Waals surface area contributed by atoms with Crippen molar-refractivity contribution in [3.8, 4) is 11.3 Å². The minimum atomic E-state index is -0.466. The summed E-state index contributed by atoms with van der Waals surface area (Å²) in [5.41, 5.74) is 4.58. The van der Waals surface area contributed by atoms with Gasteiger partial charge >= 0.3 is 0 Å². The van der Waals surface area contributed by atoms with Crippen LogP contribution >= 0.6 is 11.6 Å². The number of furan rings is 1. The normalized spacial score (nSPS) is 18.2. The minimum absolute atomic E-state index is 0.0204. The first-order chi connectivity index (χ1) is 11.4. The van der Waals surface area contributed by atoms with Crippen LogP contribution in [0, 0.1) is 6.92 Å². The molecule has 0 amide bonds. The number of Topliss-reactive ketones (excluding diaryl/α,β-unsaturated/α-hetero) is 2. The topological polar surface area (TPSA) is 47.3 Å². The van der Waals surface area contributed by atoms with Crippen molar-refractivity contribution in [3.63, 3.8) is 0 Å². The summed E-state index contributed by atoms with van der Waals surface area (Å²) in [6.45, 7) is 6.18. The number of hydrogen-bond donors (Lipinski definition) is 0. The molecule has 2 aliphatic rings. The van der Waals surface area contributed by atoms with Crippen LogP contribution < -0.4 is 0 Å². The maximum Gasteiger partial charge on any atom is 0.237 e. The van der Waals surface area contributed by atoms with Gasteiger partial charge in [0.15, 0.2) is 0 Å². The van der Waals surface area contributed by atoms with Crippen molar-refractivity contribution in [1.29, 1.82) is 0 Å². The fourth-order valence-corrected chi connectivity index (χ4v) is 4.47. The first-order valence-corrected chi connectivity index (χ1v) is 8.84. The highest BCUT2D eigenvalue weighted by molar-refractivity contribution is 6.53. The lowest BCUT2D eigenvalue weighted by molar-refractivity contribution is 0.0813. The zero-order chi connectivity index (χ0) is 17.2. The molecule has 0 aliphatic heterocycles. The summed E-state index contributed by atoms with van der Waals surface area (Å²) in [4.78, 5) is 25.6. The molecule has 4 heteroatoms. The molecule has 124 valence electrons. The molecule has 24 heavy (non-hydrogen) atoms. The monoisotopic (exact) mass is 342 g/mol. The van der Waals surface area contributed by atoms with E-state index >= 15 is 0 Å². The van der Waals surface area contributed by atoms with Gasteiger partial charge in [-0.15, -0.1) is 11.6 Å². The van der Waals surface area contributed by atoms with Gasteiger partial charge < -0.3 is 4.42 Å². The molecule has 0 saturated carbocycles. The first-order valence-electron chi connectivity index (χ1n) is 8.31. The van der Waals surface area contributed by atoms with Crippen molar-refractivity contribution in [2.24, 2.45) is 0 Å². The molecular weight excluding hydrogens is 324 g/mol. The fourth-order valence-electron chi connectivity index (χ4n) is 4.21. The predicted octanol–water partition coefficient (Wildman–Crippen LogP) is 4.99. The third-order valence-corrected chi connectivity index (χ3v) is 5.79. The number of hydrogen-bond acceptors (Lipinski definition) is 3. The Bertz CT molecular complexity index is 902. The van der Waals surface area contributed by atoms with Gasteiger partial charge in [0.05, 0.1) is 11.4 Å². The van der Waals surface area contributed by atoms with Gasteiger partial charge in [-0.3, -0.25) is 9.59 Å². The Hall–Kier alpha value is -1.87. The molecule has 4 rings (SSSR count). The van der Waals surface area contributed by atoms with Gasteiger partial charge in [-0.25, -0.2) is 0 Å². The van der Waals surface area contributed by atoms with Crippen LogP contribution in [0.3, 0.4) is 0 Å². The third kappa shape index (κ3) is 1.91. The molecule has 1 heterocycles. The van der Waals surface area contributed by atoms with Gasteiger partial charge in [-0.05, 0) is 42.7 Å². The Labute approximate surface area is 146 Å². The number of carbonyl (C=O) groups excluding carboxylic acids is 2. The summed E-state index contributed by atoms with van der Waals surface area (Å²) in [5, 5.41) is 0. The summed E-state index contributed by atoms with van der Waals surface area (Å²) in [6.07, 6.45) is 2.94. The largest absolute Gasteiger partial charge is 0.459 e.